The highest BCUT2D eigenvalue weighted by atomic mass is 16.5. The second-order valence-corrected chi connectivity index (χ2v) is 4.16. The summed E-state index contributed by atoms with van der Waals surface area (Å²) < 4.78 is 5.23. The van der Waals surface area contributed by atoms with E-state index in [1.54, 1.807) is 7.11 Å². The van der Waals surface area contributed by atoms with E-state index in [0.717, 1.165) is 37.6 Å². The van der Waals surface area contributed by atoms with Crippen LogP contribution in [0.4, 0.5) is 17.6 Å². The molecule has 1 aliphatic heterocycles. The van der Waals surface area contributed by atoms with E-state index in [1.807, 2.05) is 13.1 Å². The van der Waals surface area contributed by atoms with Crippen LogP contribution in [0.15, 0.2) is 6.07 Å². The predicted molar refractivity (Wildman–Crippen MR) is 68.2 cm³/mol. The van der Waals surface area contributed by atoms with Crippen LogP contribution in [0.5, 0.6) is 0 Å². The van der Waals surface area contributed by atoms with Gasteiger partial charge in [-0.3, -0.25) is 0 Å². The first-order chi connectivity index (χ1) is 8.24. The maximum atomic E-state index is 5.70. The van der Waals surface area contributed by atoms with Gasteiger partial charge in [0.25, 0.3) is 0 Å². The fourth-order valence-corrected chi connectivity index (χ4v) is 2.23. The molecule has 0 radical (unpaired) electrons. The molecule has 0 saturated carbocycles. The van der Waals surface area contributed by atoms with Gasteiger partial charge in [-0.1, -0.05) is 0 Å². The van der Waals surface area contributed by atoms with Crippen LogP contribution in [0.2, 0.25) is 0 Å². The molecule has 3 N–H and O–H groups in total. The van der Waals surface area contributed by atoms with Crippen LogP contribution in [0.25, 0.3) is 0 Å². The van der Waals surface area contributed by atoms with Gasteiger partial charge in [-0.15, -0.1) is 0 Å². The zero-order valence-electron chi connectivity index (χ0n) is 10.3. The molecule has 1 saturated heterocycles. The normalized spacial score (nSPS) is 19.6. The third-order valence-electron chi connectivity index (χ3n) is 3.02. The van der Waals surface area contributed by atoms with Crippen molar-refractivity contribution in [3.63, 3.8) is 0 Å². The van der Waals surface area contributed by atoms with Gasteiger partial charge in [-0.25, -0.2) is 0 Å². The number of hydrogen-bond donors (Lipinski definition) is 2. The molecule has 6 heteroatoms. The summed E-state index contributed by atoms with van der Waals surface area (Å²) in [5.74, 6) is 1.92. The number of methoxy groups -OCH3 is 1. The quantitative estimate of drug-likeness (QED) is 0.803. The lowest BCUT2D eigenvalue weighted by molar-refractivity contribution is 0.180. The summed E-state index contributed by atoms with van der Waals surface area (Å²) in [7, 11) is 3.55. The average Bonchev–Trinajstić information content (AvgIpc) is 2.77. The largest absolute Gasteiger partial charge is 0.383 e. The number of nitrogen functional groups attached to an aromatic ring is 1. The van der Waals surface area contributed by atoms with E-state index in [2.05, 4.69) is 20.2 Å². The van der Waals surface area contributed by atoms with Crippen molar-refractivity contribution in [2.75, 3.05) is 43.3 Å². The Morgan fingerprint density at radius 1 is 1.59 bits per heavy atom. The molecule has 1 aromatic rings. The van der Waals surface area contributed by atoms with Crippen LogP contribution in [-0.4, -0.2) is 43.3 Å². The molecule has 0 spiro atoms. The number of rotatable bonds is 4. The number of hydrogen-bond acceptors (Lipinski definition) is 6. The highest BCUT2D eigenvalue weighted by Crippen LogP contribution is 2.26. The van der Waals surface area contributed by atoms with Crippen molar-refractivity contribution < 1.29 is 4.74 Å². The molecule has 1 atom stereocenters. The van der Waals surface area contributed by atoms with Crippen molar-refractivity contribution in [2.45, 2.75) is 18.9 Å². The lowest BCUT2D eigenvalue weighted by atomic mass is 10.2. The zero-order valence-corrected chi connectivity index (χ0v) is 10.3. The minimum Gasteiger partial charge on any atom is -0.383 e. The Labute approximate surface area is 101 Å². The van der Waals surface area contributed by atoms with E-state index < -0.39 is 0 Å². The van der Waals surface area contributed by atoms with Gasteiger partial charge in [0.05, 0.1) is 12.6 Å². The molecule has 0 aliphatic carbocycles. The molecule has 94 valence electrons. The van der Waals surface area contributed by atoms with Crippen molar-refractivity contribution in [1.29, 1.82) is 0 Å². The van der Waals surface area contributed by atoms with Crippen molar-refractivity contribution >= 4 is 17.6 Å². The number of nitrogens with one attached hydrogen (secondary N) is 1. The van der Waals surface area contributed by atoms with E-state index in [4.69, 9.17) is 10.5 Å². The van der Waals surface area contributed by atoms with E-state index >= 15 is 0 Å². The summed E-state index contributed by atoms with van der Waals surface area (Å²) in [4.78, 5) is 10.6. The monoisotopic (exact) mass is 237 g/mol. The smallest absolute Gasteiger partial charge is 0.223 e. The SMILES string of the molecule is CNc1cc(N2CCC[C@@H]2COC)nc(N)n1. The van der Waals surface area contributed by atoms with Gasteiger partial charge in [-0.2, -0.15) is 9.97 Å². The van der Waals surface area contributed by atoms with Gasteiger partial charge in [0.1, 0.15) is 11.6 Å². The van der Waals surface area contributed by atoms with Gasteiger partial charge in [0, 0.05) is 26.8 Å². The summed E-state index contributed by atoms with van der Waals surface area (Å²) in [6.07, 6.45) is 2.29. The van der Waals surface area contributed by atoms with Crippen LogP contribution in [0, 0.1) is 0 Å². The first kappa shape index (κ1) is 11.9. The van der Waals surface area contributed by atoms with Crippen molar-refractivity contribution in [3.05, 3.63) is 6.07 Å². The first-order valence-corrected chi connectivity index (χ1v) is 5.82. The Kier molecular flexibility index (Phi) is 3.63. The Morgan fingerprint density at radius 3 is 3.12 bits per heavy atom. The van der Waals surface area contributed by atoms with E-state index in [0.29, 0.717) is 12.0 Å². The third-order valence-corrected chi connectivity index (χ3v) is 3.02. The number of anilines is 3. The molecule has 1 aromatic heterocycles. The van der Waals surface area contributed by atoms with Gasteiger partial charge < -0.3 is 20.7 Å². The Bertz CT molecular complexity index is 384. The standard InChI is InChI=1S/C11H19N5O/c1-13-9-6-10(15-11(12)14-9)16-5-3-4-8(16)7-17-2/h6,8H,3-5,7H2,1-2H3,(H3,12,13,14,15)/t8-/m1/s1. The van der Waals surface area contributed by atoms with Crippen molar-refractivity contribution in [1.82, 2.24) is 9.97 Å². The van der Waals surface area contributed by atoms with Crippen molar-refractivity contribution in [2.24, 2.45) is 0 Å². The van der Waals surface area contributed by atoms with E-state index in [-0.39, 0.29) is 0 Å². The molecule has 17 heavy (non-hydrogen) atoms. The summed E-state index contributed by atoms with van der Waals surface area (Å²) >= 11 is 0. The van der Waals surface area contributed by atoms with Gasteiger partial charge in [0.15, 0.2) is 0 Å². The number of nitrogens with zero attached hydrogens (tertiary/aromatic N) is 3. The molecule has 6 nitrogen and oxygen atoms in total. The van der Waals surface area contributed by atoms with E-state index in [9.17, 15) is 0 Å². The molecule has 0 amide bonds. The maximum absolute atomic E-state index is 5.70. The molecule has 2 rings (SSSR count). The summed E-state index contributed by atoms with van der Waals surface area (Å²) in [6.45, 7) is 1.71. The highest BCUT2D eigenvalue weighted by molar-refractivity contribution is 5.53. The third kappa shape index (κ3) is 2.58. The topological polar surface area (TPSA) is 76.3 Å². The van der Waals surface area contributed by atoms with Crippen LogP contribution in [0.1, 0.15) is 12.8 Å². The van der Waals surface area contributed by atoms with Crippen molar-refractivity contribution in [3.8, 4) is 0 Å². The van der Waals surface area contributed by atoms with Gasteiger partial charge in [-0.05, 0) is 12.8 Å². The van der Waals surface area contributed by atoms with E-state index in [1.165, 1.54) is 0 Å². The van der Waals surface area contributed by atoms with Crippen LogP contribution in [-0.2, 0) is 4.74 Å². The van der Waals surface area contributed by atoms with Crippen LogP contribution < -0.4 is 16.0 Å². The minimum absolute atomic E-state index is 0.301. The molecule has 1 fully saturated rings. The summed E-state index contributed by atoms with van der Waals surface area (Å²) in [5, 5.41) is 2.99. The number of aromatic nitrogens is 2. The molecule has 0 bridgehead atoms. The zero-order chi connectivity index (χ0) is 12.3. The molecule has 1 aliphatic rings. The minimum atomic E-state index is 0.301. The number of ether oxygens (including phenoxy) is 1. The molecule has 0 unspecified atom stereocenters. The molecule has 2 heterocycles. The molecular weight excluding hydrogens is 218 g/mol. The maximum Gasteiger partial charge on any atom is 0.223 e. The van der Waals surface area contributed by atoms with Crippen LogP contribution in [0.3, 0.4) is 0 Å². The fraction of sp³-hybridized carbons (Fsp3) is 0.636. The molecule has 0 aromatic carbocycles. The first-order valence-electron chi connectivity index (χ1n) is 5.82. The summed E-state index contributed by atoms with van der Waals surface area (Å²) in [5.41, 5.74) is 5.70. The lowest BCUT2D eigenvalue weighted by Crippen LogP contribution is -2.33. The fourth-order valence-electron chi connectivity index (χ4n) is 2.23. The average molecular weight is 237 g/mol. The van der Waals surface area contributed by atoms with Gasteiger partial charge >= 0.3 is 0 Å². The predicted octanol–water partition coefficient (Wildman–Crippen LogP) is 0.716. The Balaban J connectivity index is 2.23. The molecular formula is C11H19N5O. The van der Waals surface area contributed by atoms with Crippen LogP contribution >= 0.6 is 0 Å². The van der Waals surface area contributed by atoms with Gasteiger partial charge in [0.2, 0.25) is 5.95 Å². The highest BCUT2D eigenvalue weighted by Gasteiger charge is 2.26. The summed E-state index contributed by atoms with van der Waals surface area (Å²) in [6, 6.07) is 2.31. The Hall–Kier alpha value is -1.56. The Morgan fingerprint density at radius 2 is 2.41 bits per heavy atom. The lowest BCUT2D eigenvalue weighted by Gasteiger charge is -2.25. The number of nitrogens with two attached hydrogens (primary N) is 1. The second kappa shape index (κ2) is 5.18. The second-order valence-electron chi connectivity index (χ2n) is 4.16.